The second kappa shape index (κ2) is 6.62. The minimum atomic E-state index is -0.653. The predicted octanol–water partition coefficient (Wildman–Crippen LogP) is 4.20. The van der Waals surface area contributed by atoms with Crippen LogP contribution in [0.25, 0.3) is 0 Å². The first-order valence-corrected chi connectivity index (χ1v) is 6.12. The van der Waals surface area contributed by atoms with Crippen molar-refractivity contribution in [2.45, 2.75) is 66.0 Å². The normalized spacial score (nSPS) is 17.7. The van der Waals surface area contributed by atoms with Crippen molar-refractivity contribution in [3.8, 4) is 6.07 Å². The summed E-state index contributed by atoms with van der Waals surface area (Å²) in [5.74, 6) is 1.08. The molecule has 0 aliphatic heterocycles. The van der Waals surface area contributed by atoms with Crippen LogP contribution in [0.15, 0.2) is 10.2 Å². The quantitative estimate of drug-likeness (QED) is 0.622. The summed E-state index contributed by atoms with van der Waals surface area (Å²) in [7, 11) is 0. The van der Waals surface area contributed by atoms with Crippen LogP contribution in [0.1, 0.15) is 54.4 Å². The largest absolute Gasteiger partial charge is 0.196 e. The van der Waals surface area contributed by atoms with Crippen LogP contribution in [-0.2, 0) is 0 Å². The highest BCUT2D eigenvalue weighted by Crippen LogP contribution is 2.21. The van der Waals surface area contributed by atoms with Gasteiger partial charge in [-0.1, -0.05) is 27.7 Å². The van der Waals surface area contributed by atoms with Crippen LogP contribution in [-0.4, -0.2) is 11.6 Å². The van der Waals surface area contributed by atoms with E-state index in [0.717, 1.165) is 12.8 Å². The molecule has 0 heterocycles. The fourth-order valence-electron chi connectivity index (χ4n) is 1.86. The molecule has 0 fully saturated rings. The van der Waals surface area contributed by atoms with Crippen molar-refractivity contribution in [3.05, 3.63) is 0 Å². The molecule has 2 atom stereocenters. The number of azo groups is 1. The smallest absolute Gasteiger partial charge is 0.164 e. The van der Waals surface area contributed by atoms with E-state index < -0.39 is 5.54 Å². The third-order valence-corrected chi connectivity index (χ3v) is 2.33. The zero-order valence-electron chi connectivity index (χ0n) is 11.5. The van der Waals surface area contributed by atoms with Crippen LogP contribution in [0.3, 0.4) is 0 Å². The first-order valence-electron chi connectivity index (χ1n) is 6.12. The second-order valence-corrected chi connectivity index (χ2v) is 5.68. The summed E-state index contributed by atoms with van der Waals surface area (Å²) in [6.45, 7) is 12.5. The SMILES string of the molecule is CC(C)CC(C)N=NC(C)(C#N)CC(C)C. The molecule has 0 amide bonds. The standard InChI is InChI=1S/C13H25N3/c1-10(2)7-12(5)15-16-13(6,9-14)8-11(3)4/h10-12H,7-8H2,1-6H3. The fourth-order valence-corrected chi connectivity index (χ4v) is 1.86. The molecule has 0 aromatic rings. The molecule has 0 bridgehead atoms. The van der Waals surface area contributed by atoms with Gasteiger partial charge < -0.3 is 0 Å². The molecule has 3 nitrogen and oxygen atoms in total. The third kappa shape index (κ3) is 6.55. The Morgan fingerprint density at radius 1 is 1.12 bits per heavy atom. The van der Waals surface area contributed by atoms with Gasteiger partial charge in [0, 0.05) is 0 Å². The van der Waals surface area contributed by atoms with Crippen molar-refractivity contribution in [2.24, 2.45) is 22.1 Å². The van der Waals surface area contributed by atoms with E-state index in [1.807, 2.05) is 6.92 Å². The van der Waals surface area contributed by atoms with Crippen molar-refractivity contribution in [1.29, 1.82) is 5.26 Å². The summed E-state index contributed by atoms with van der Waals surface area (Å²) < 4.78 is 0. The zero-order valence-corrected chi connectivity index (χ0v) is 11.5. The summed E-state index contributed by atoms with van der Waals surface area (Å²) in [6.07, 6.45) is 1.79. The highest BCUT2D eigenvalue weighted by Gasteiger charge is 2.24. The Hall–Kier alpha value is -0.910. The van der Waals surface area contributed by atoms with Crippen molar-refractivity contribution >= 4 is 0 Å². The van der Waals surface area contributed by atoms with Crippen molar-refractivity contribution in [1.82, 2.24) is 0 Å². The van der Waals surface area contributed by atoms with Gasteiger partial charge in [0.05, 0.1) is 12.1 Å². The molecule has 2 unspecified atom stereocenters. The van der Waals surface area contributed by atoms with Crippen molar-refractivity contribution in [3.63, 3.8) is 0 Å². The summed E-state index contributed by atoms with van der Waals surface area (Å²) >= 11 is 0. The maximum Gasteiger partial charge on any atom is 0.164 e. The minimum Gasteiger partial charge on any atom is -0.196 e. The number of rotatable bonds is 6. The lowest BCUT2D eigenvalue weighted by Gasteiger charge is -2.18. The average Bonchev–Trinajstić information content (AvgIpc) is 2.13. The van der Waals surface area contributed by atoms with E-state index in [1.165, 1.54) is 0 Å². The Morgan fingerprint density at radius 3 is 2.06 bits per heavy atom. The van der Waals surface area contributed by atoms with E-state index in [4.69, 9.17) is 5.26 Å². The lowest BCUT2D eigenvalue weighted by atomic mass is 9.93. The maximum absolute atomic E-state index is 9.13. The molecule has 0 spiro atoms. The summed E-state index contributed by atoms with van der Waals surface area (Å²) in [4.78, 5) is 0. The van der Waals surface area contributed by atoms with Gasteiger partial charge in [0.15, 0.2) is 5.54 Å². The molecule has 0 saturated carbocycles. The maximum atomic E-state index is 9.13. The van der Waals surface area contributed by atoms with E-state index >= 15 is 0 Å². The zero-order chi connectivity index (χ0) is 12.8. The van der Waals surface area contributed by atoms with E-state index in [-0.39, 0.29) is 6.04 Å². The van der Waals surface area contributed by atoms with Gasteiger partial charge in [-0.2, -0.15) is 15.5 Å². The van der Waals surface area contributed by atoms with Gasteiger partial charge in [0.2, 0.25) is 0 Å². The highest BCUT2D eigenvalue weighted by atomic mass is 15.2. The Kier molecular flexibility index (Phi) is 6.25. The molecule has 92 valence electrons. The Bertz CT molecular complexity index is 263. The molecule has 0 radical (unpaired) electrons. The molecule has 0 aliphatic carbocycles. The van der Waals surface area contributed by atoms with Gasteiger partial charge in [-0.3, -0.25) is 0 Å². The summed E-state index contributed by atoms with van der Waals surface area (Å²) in [6, 6.07) is 2.47. The fraction of sp³-hybridized carbons (Fsp3) is 0.923. The van der Waals surface area contributed by atoms with Crippen molar-refractivity contribution < 1.29 is 0 Å². The third-order valence-electron chi connectivity index (χ3n) is 2.33. The van der Waals surface area contributed by atoms with Gasteiger partial charge in [-0.25, -0.2) is 0 Å². The summed E-state index contributed by atoms with van der Waals surface area (Å²) in [5.41, 5.74) is -0.653. The van der Waals surface area contributed by atoms with E-state index in [2.05, 4.69) is 50.9 Å². The molecule has 0 N–H and O–H groups in total. The van der Waals surface area contributed by atoms with Crippen LogP contribution in [0.4, 0.5) is 0 Å². The molecule has 0 aliphatic rings. The second-order valence-electron chi connectivity index (χ2n) is 5.68. The number of hydrogen-bond donors (Lipinski definition) is 0. The average molecular weight is 223 g/mol. The molecule has 0 saturated heterocycles. The lowest BCUT2D eigenvalue weighted by molar-refractivity contribution is 0.413. The molecule has 0 aromatic heterocycles. The number of nitriles is 1. The van der Waals surface area contributed by atoms with Crippen LogP contribution in [0.5, 0.6) is 0 Å². The van der Waals surface area contributed by atoms with Crippen LogP contribution in [0, 0.1) is 23.2 Å². The first kappa shape index (κ1) is 15.1. The van der Waals surface area contributed by atoms with Gasteiger partial charge in [-0.15, -0.1) is 0 Å². The van der Waals surface area contributed by atoms with E-state index in [0.29, 0.717) is 11.8 Å². The van der Waals surface area contributed by atoms with E-state index in [9.17, 15) is 0 Å². The molecule has 0 rings (SSSR count). The Balaban J connectivity index is 4.42. The highest BCUT2D eigenvalue weighted by molar-refractivity contribution is 5.03. The number of hydrogen-bond acceptors (Lipinski definition) is 3. The van der Waals surface area contributed by atoms with Crippen LogP contribution >= 0.6 is 0 Å². The monoisotopic (exact) mass is 223 g/mol. The molecule has 0 aromatic carbocycles. The Morgan fingerprint density at radius 2 is 1.69 bits per heavy atom. The van der Waals surface area contributed by atoms with E-state index in [1.54, 1.807) is 0 Å². The Labute approximate surface area is 100.0 Å². The van der Waals surface area contributed by atoms with Crippen molar-refractivity contribution in [2.75, 3.05) is 0 Å². The molecular weight excluding hydrogens is 198 g/mol. The minimum absolute atomic E-state index is 0.208. The van der Waals surface area contributed by atoms with Crippen LogP contribution in [0.2, 0.25) is 0 Å². The van der Waals surface area contributed by atoms with Gasteiger partial charge in [0.1, 0.15) is 0 Å². The van der Waals surface area contributed by atoms with Crippen LogP contribution < -0.4 is 0 Å². The lowest BCUT2D eigenvalue weighted by Crippen LogP contribution is -2.22. The molecule has 3 heteroatoms. The van der Waals surface area contributed by atoms with Gasteiger partial charge in [0.25, 0.3) is 0 Å². The predicted molar refractivity (Wildman–Crippen MR) is 67.2 cm³/mol. The topological polar surface area (TPSA) is 48.5 Å². The number of nitrogens with zero attached hydrogens (tertiary/aromatic N) is 3. The first-order chi connectivity index (χ1) is 7.29. The molecule has 16 heavy (non-hydrogen) atoms. The summed E-state index contributed by atoms with van der Waals surface area (Å²) in [5, 5.41) is 17.6. The molecular formula is C13H25N3. The van der Waals surface area contributed by atoms with Gasteiger partial charge in [-0.05, 0) is 38.5 Å². The van der Waals surface area contributed by atoms with Gasteiger partial charge >= 0.3 is 0 Å².